The lowest BCUT2D eigenvalue weighted by Gasteiger charge is -2.36. The van der Waals surface area contributed by atoms with Gasteiger partial charge in [-0.15, -0.1) is 0 Å². The molecule has 2 aliphatic rings. The van der Waals surface area contributed by atoms with Crippen molar-refractivity contribution in [2.45, 2.75) is 39.3 Å². The number of aromatic hydroxyl groups is 1. The second-order valence-electron chi connectivity index (χ2n) is 5.80. The van der Waals surface area contributed by atoms with Crippen LogP contribution < -0.4 is 9.47 Å². The summed E-state index contributed by atoms with van der Waals surface area (Å²) in [5, 5.41) is 10.1. The van der Waals surface area contributed by atoms with Gasteiger partial charge in [0.05, 0.1) is 0 Å². The number of piperidine rings is 1. The molecule has 0 saturated carbocycles. The van der Waals surface area contributed by atoms with E-state index in [1.165, 1.54) is 12.8 Å². The third-order valence-corrected chi connectivity index (χ3v) is 4.19. The fourth-order valence-electron chi connectivity index (χ4n) is 2.92. The predicted molar refractivity (Wildman–Crippen MR) is 72.5 cm³/mol. The van der Waals surface area contributed by atoms with Crippen molar-refractivity contribution in [3.05, 3.63) is 17.7 Å². The summed E-state index contributed by atoms with van der Waals surface area (Å²) < 4.78 is 10.6. The summed E-state index contributed by atoms with van der Waals surface area (Å²) in [7, 11) is 0. The Morgan fingerprint density at radius 2 is 1.95 bits per heavy atom. The Morgan fingerprint density at radius 1 is 1.21 bits per heavy atom. The highest BCUT2D eigenvalue weighted by Gasteiger charge is 2.25. The van der Waals surface area contributed by atoms with Crippen molar-refractivity contribution >= 4 is 0 Å². The average molecular weight is 263 g/mol. The number of benzene rings is 1. The molecule has 1 N–H and O–H groups in total. The van der Waals surface area contributed by atoms with Crippen LogP contribution in [0.4, 0.5) is 0 Å². The first-order chi connectivity index (χ1) is 9.13. The van der Waals surface area contributed by atoms with E-state index in [4.69, 9.17) is 9.47 Å². The van der Waals surface area contributed by atoms with Crippen LogP contribution >= 0.6 is 0 Å². The van der Waals surface area contributed by atoms with E-state index in [0.717, 1.165) is 30.3 Å². The molecule has 1 fully saturated rings. The first kappa shape index (κ1) is 12.6. The van der Waals surface area contributed by atoms with Gasteiger partial charge in [0, 0.05) is 30.8 Å². The maximum atomic E-state index is 10.1. The molecular formula is C15H21NO3. The highest BCUT2D eigenvalue weighted by atomic mass is 16.7. The molecule has 0 spiro atoms. The number of nitrogens with zero attached hydrogens (tertiary/aromatic N) is 1. The monoisotopic (exact) mass is 263 g/mol. The Labute approximate surface area is 113 Å². The van der Waals surface area contributed by atoms with Gasteiger partial charge in [-0.1, -0.05) is 6.92 Å². The summed E-state index contributed by atoms with van der Waals surface area (Å²) in [6.45, 7) is 6.66. The van der Waals surface area contributed by atoms with Crippen LogP contribution in [0.2, 0.25) is 0 Å². The molecular weight excluding hydrogens is 242 g/mol. The molecule has 0 aliphatic carbocycles. The molecule has 19 heavy (non-hydrogen) atoms. The van der Waals surface area contributed by atoms with Crippen LogP contribution in [0, 0.1) is 5.92 Å². The highest BCUT2D eigenvalue weighted by molar-refractivity contribution is 5.51. The average Bonchev–Trinajstić information content (AvgIpc) is 2.81. The van der Waals surface area contributed by atoms with Crippen LogP contribution in [-0.4, -0.2) is 29.4 Å². The Hall–Kier alpha value is -1.42. The molecule has 1 aromatic rings. The standard InChI is InChI=1S/C15H21NO3/c1-10-3-4-11(2)16(7-10)8-12-5-14-15(6-13(12)17)19-9-18-14/h5-6,10-11,17H,3-4,7-9H2,1-2H3. The molecule has 1 saturated heterocycles. The normalized spacial score (nSPS) is 26.6. The Kier molecular flexibility index (Phi) is 3.27. The smallest absolute Gasteiger partial charge is 0.231 e. The number of hydrogen-bond donors (Lipinski definition) is 1. The summed E-state index contributed by atoms with van der Waals surface area (Å²) in [5.74, 6) is 2.41. The zero-order valence-electron chi connectivity index (χ0n) is 11.6. The molecule has 4 heteroatoms. The van der Waals surface area contributed by atoms with Crippen LogP contribution in [0.15, 0.2) is 12.1 Å². The van der Waals surface area contributed by atoms with E-state index in [0.29, 0.717) is 17.5 Å². The summed E-state index contributed by atoms with van der Waals surface area (Å²) in [6.07, 6.45) is 2.53. The summed E-state index contributed by atoms with van der Waals surface area (Å²) in [6, 6.07) is 4.14. The number of ether oxygens (including phenoxy) is 2. The zero-order chi connectivity index (χ0) is 13.4. The minimum Gasteiger partial charge on any atom is -0.507 e. The van der Waals surface area contributed by atoms with Crippen LogP contribution in [0.1, 0.15) is 32.3 Å². The molecule has 2 unspecified atom stereocenters. The van der Waals surface area contributed by atoms with E-state index >= 15 is 0 Å². The van der Waals surface area contributed by atoms with Crippen molar-refractivity contribution in [1.29, 1.82) is 0 Å². The van der Waals surface area contributed by atoms with Gasteiger partial charge in [-0.05, 0) is 31.7 Å². The molecule has 0 bridgehead atoms. The fraction of sp³-hybridized carbons (Fsp3) is 0.600. The van der Waals surface area contributed by atoms with Crippen molar-refractivity contribution in [3.63, 3.8) is 0 Å². The maximum absolute atomic E-state index is 10.1. The number of likely N-dealkylation sites (tertiary alicyclic amines) is 1. The predicted octanol–water partition coefficient (Wildman–Crippen LogP) is 2.74. The Bertz CT molecular complexity index is 475. The first-order valence-electron chi connectivity index (χ1n) is 6.99. The van der Waals surface area contributed by atoms with Gasteiger partial charge in [0.2, 0.25) is 6.79 Å². The maximum Gasteiger partial charge on any atom is 0.231 e. The number of phenolic OH excluding ortho intramolecular Hbond substituents is 1. The first-order valence-corrected chi connectivity index (χ1v) is 6.99. The molecule has 3 rings (SSSR count). The van der Waals surface area contributed by atoms with Gasteiger partial charge in [-0.3, -0.25) is 4.90 Å². The number of phenols is 1. The molecule has 1 aromatic carbocycles. The van der Waals surface area contributed by atoms with Crippen molar-refractivity contribution in [1.82, 2.24) is 4.90 Å². The molecule has 4 nitrogen and oxygen atoms in total. The third kappa shape index (κ3) is 2.50. The molecule has 2 aliphatic heterocycles. The van der Waals surface area contributed by atoms with Gasteiger partial charge in [0.15, 0.2) is 11.5 Å². The van der Waals surface area contributed by atoms with Crippen LogP contribution in [0.3, 0.4) is 0 Å². The van der Waals surface area contributed by atoms with E-state index in [1.54, 1.807) is 6.07 Å². The van der Waals surface area contributed by atoms with Crippen molar-refractivity contribution < 1.29 is 14.6 Å². The zero-order valence-corrected chi connectivity index (χ0v) is 11.6. The third-order valence-electron chi connectivity index (χ3n) is 4.19. The highest BCUT2D eigenvalue weighted by Crippen LogP contribution is 2.38. The largest absolute Gasteiger partial charge is 0.507 e. The summed E-state index contributed by atoms with van der Waals surface area (Å²) in [4.78, 5) is 2.44. The van der Waals surface area contributed by atoms with Crippen LogP contribution in [0.5, 0.6) is 17.2 Å². The van der Waals surface area contributed by atoms with Gasteiger partial charge in [-0.25, -0.2) is 0 Å². The fourth-order valence-corrected chi connectivity index (χ4v) is 2.92. The quantitative estimate of drug-likeness (QED) is 0.891. The molecule has 104 valence electrons. The van der Waals surface area contributed by atoms with Crippen molar-refractivity contribution in [3.8, 4) is 17.2 Å². The molecule has 2 heterocycles. The molecule has 0 radical (unpaired) electrons. The SMILES string of the molecule is CC1CCC(C)N(Cc2cc3c(cc2O)OCO3)C1. The lowest BCUT2D eigenvalue weighted by atomic mass is 9.94. The number of hydrogen-bond acceptors (Lipinski definition) is 4. The van der Waals surface area contributed by atoms with Crippen LogP contribution in [0.25, 0.3) is 0 Å². The van der Waals surface area contributed by atoms with E-state index in [9.17, 15) is 5.11 Å². The molecule has 0 amide bonds. The van der Waals surface area contributed by atoms with E-state index in [2.05, 4.69) is 18.7 Å². The minimum absolute atomic E-state index is 0.245. The lowest BCUT2D eigenvalue weighted by Crippen LogP contribution is -2.40. The van der Waals surface area contributed by atoms with E-state index in [-0.39, 0.29) is 6.79 Å². The molecule has 2 atom stereocenters. The Morgan fingerprint density at radius 3 is 2.74 bits per heavy atom. The van der Waals surface area contributed by atoms with Gasteiger partial charge in [-0.2, -0.15) is 0 Å². The van der Waals surface area contributed by atoms with E-state index in [1.807, 2.05) is 6.07 Å². The van der Waals surface area contributed by atoms with Gasteiger partial charge >= 0.3 is 0 Å². The Balaban J connectivity index is 1.79. The van der Waals surface area contributed by atoms with E-state index < -0.39 is 0 Å². The topological polar surface area (TPSA) is 41.9 Å². The van der Waals surface area contributed by atoms with Gasteiger partial charge in [0.25, 0.3) is 0 Å². The van der Waals surface area contributed by atoms with Crippen LogP contribution in [-0.2, 0) is 6.54 Å². The summed E-state index contributed by atoms with van der Waals surface area (Å²) >= 11 is 0. The number of fused-ring (bicyclic) bond motifs is 1. The van der Waals surface area contributed by atoms with Gasteiger partial charge < -0.3 is 14.6 Å². The number of rotatable bonds is 2. The minimum atomic E-state index is 0.245. The van der Waals surface area contributed by atoms with Crippen molar-refractivity contribution in [2.75, 3.05) is 13.3 Å². The summed E-state index contributed by atoms with van der Waals surface area (Å²) in [5.41, 5.74) is 0.921. The second-order valence-corrected chi connectivity index (χ2v) is 5.80. The van der Waals surface area contributed by atoms with Gasteiger partial charge in [0.1, 0.15) is 5.75 Å². The lowest BCUT2D eigenvalue weighted by molar-refractivity contribution is 0.116. The molecule has 0 aromatic heterocycles. The second kappa shape index (κ2) is 4.93. The van der Waals surface area contributed by atoms with Crippen molar-refractivity contribution in [2.24, 2.45) is 5.92 Å².